The molecular formula is C7H7F5N2O. The van der Waals surface area contributed by atoms with Crippen LogP contribution in [0, 0.1) is 0 Å². The Labute approximate surface area is 81.4 Å². The van der Waals surface area contributed by atoms with Crippen LogP contribution in [0.3, 0.4) is 0 Å². The van der Waals surface area contributed by atoms with Gasteiger partial charge in [0, 0.05) is 6.20 Å². The molecule has 0 unspecified atom stereocenters. The maximum Gasteiger partial charge on any atom is 0.411 e. The summed E-state index contributed by atoms with van der Waals surface area (Å²) >= 11 is 0. The molecule has 0 aliphatic heterocycles. The second kappa shape index (κ2) is 4.56. The van der Waals surface area contributed by atoms with Gasteiger partial charge >= 0.3 is 12.7 Å². The molecular weight excluding hydrogens is 223 g/mol. The van der Waals surface area contributed by atoms with Crippen molar-refractivity contribution in [1.82, 2.24) is 9.78 Å². The Hall–Kier alpha value is -1.18. The Kier molecular flexibility index (Phi) is 3.61. The third kappa shape index (κ3) is 4.24. The highest BCUT2D eigenvalue weighted by Gasteiger charge is 2.27. The Morgan fingerprint density at radius 2 is 2.07 bits per heavy atom. The van der Waals surface area contributed by atoms with Crippen molar-refractivity contribution in [2.45, 2.75) is 19.3 Å². The molecule has 0 spiro atoms. The lowest BCUT2D eigenvalue weighted by Gasteiger charge is -2.05. The third-order valence-corrected chi connectivity index (χ3v) is 1.38. The first-order valence-electron chi connectivity index (χ1n) is 3.85. The Balaban J connectivity index is 2.38. The second-order valence-corrected chi connectivity index (χ2v) is 2.67. The van der Waals surface area contributed by atoms with Crippen LogP contribution >= 0.6 is 0 Å². The van der Waals surface area contributed by atoms with Crippen LogP contribution in [-0.2, 0) is 11.3 Å². The highest BCUT2D eigenvalue weighted by Crippen LogP contribution is 2.15. The lowest BCUT2D eigenvalue weighted by Crippen LogP contribution is -2.16. The van der Waals surface area contributed by atoms with E-state index in [1.165, 1.54) is 6.07 Å². The molecule has 86 valence electrons. The fraction of sp³-hybridized carbons (Fsp3) is 0.571. The lowest BCUT2D eigenvalue weighted by molar-refractivity contribution is -0.176. The summed E-state index contributed by atoms with van der Waals surface area (Å²) in [6.45, 7) is -4.67. The van der Waals surface area contributed by atoms with E-state index >= 15 is 0 Å². The number of halogens is 5. The third-order valence-electron chi connectivity index (χ3n) is 1.38. The van der Waals surface area contributed by atoms with Crippen molar-refractivity contribution in [3.8, 4) is 0 Å². The molecule has 1 aromatic rings. The number of alkyl halides is 5. The Bertz CT molecular complexity index is 309. The van der Waals surface area contributed by atoms with Gasteiger partial charge in [0.25, 0.3) is 0 Å². The molecule has 0 aromatic carbocycles. The van der Waals surface area contributed by atoms with Gasteiger partial charge in [0.2, 0.25) is 0 Å². The van der Waals surface area contributed by atoms with Gasteiger partial charge in [-0.15, -0.1) is 0 Å². The summed E-state index contributed by atoms with van der Waals surface area (Å²) in [4.78, 5) is 0. The van der Waals surface area contributed by atoms with Crippen molar-refractivity contribution in [2.24, 2.45) is 0 Å². The van der Waals surface area contributed by atoms with Crippen LogP contribution in [0.4, 0.5) is 22.0 Å². The smallest absolute Gasteiger partial charge is 0.366 e. The fourth-order valence-electron chi connectivity index (χ4n) is 0.834. The van der Waals surface area contributed by atoms with E-state index in [9.17, 15) is 22.0 Å². The molecule has 0 aliphatic carbocycles. The molecule has 1 aromatic heterocycles. The maximum absolute atomic E-state index is 12.0. The molecule has 0 radical (unpaired) electrons. The van der Waals surface area contributed by atoms with Crippen LogP contribution in [0.2, 0.25) is 0 Å². The van der Waals surface area contributed by atoms with E-state index in [-0.39, 0.29) is 5.69 Å². The molecule has 3 nitrogen and oxygen atoms in total. The number of rotatable bonds is 4. The largest absolute Gasteiger partial charge is 0.411 e. The van der Waals surface area contributed by atoms with Crippen molar-refractivity contribution in [3.05, 3.63) is 18.0 Å². The van der Waals surface area contributed by atoms with Crippen LogP contribution in [0.5, 0.6) is 0 Å². The number of hydrogen-bond acceptors (Lipinski definition) is 2. The summed E-state index contributed by atoms with van der Waals surface area (Å²) in [6.07, 6.45) is -3.46. The average Bonchev–Trinajstić information content (AvgIpc) is 2.50. The van der Waals surface area contributed by atoms with Gasteiger partial charge in [-0.3, -0.25) is 0 Å². The van der Waals surface area contributed by atoms with Gasteiger partial charge in [-0.25, -0.2) is 4.68 Å². The van der Waals surface area contributed by atoms with E-state index in [0.29, 0.717) is 4.68 Å². The number of aromatic nitrogens is 2. The minimum absolute atomic E-state index is 0.0274. The van der Waals surface area contributed by atoms with Gasteiger partial charge in [0.15, 0.2) is 0 Å². The summed E-state index contributed by atoms with van der Waals surface area (Å²) in [7, 11) is 0. The molecule has 8 heteroatoms. The SMILES string of the molecule is FC(F)n1ccc(COCC(F)(F)F)n1. The van der Waals surface area contributed by atoms with Gasteiger partial charge < -0.3 is 4.74 Å². The minimum Gasteiger partial charge on any atom is -0.366 e. The standard InChI is InChI=1S/C7H7F5N2O/c8-6(9)14-2-1-5(13-14)3-15-4-7(10,11)12/h1-2,6H,3-4H2. The topological polar surface area (TPSA) is 27.1 Å². The number of hydrogen-bond donors (Lipinski definition) is 0. The summed E-state index contributed by atoms with van der Waals surface area (Å²) in [5, 5.41) is 3.30. The van der Waals surface area contributed by atoms with E-state index in [0.717, 1.165) is 6.20 Å². The normalized spacial score (nSPS) is 12.4. The zero-order chi connectivity index (χ0) is 11.5. The molecule has 0 amide bonds. The molecule has 1 heterocycles. The van der Waals surface area contributed by atoms with Crippen LogP contribution < -0.4 is 0 Å². The van der Waals surface area contributed by atoms with Gasteiger partial charge in [-0.1, -0.05) is 0 Å². The van der Waals surface area contributed by atoms with Crippen LogP contribution in [-0.4, -0.2) is 22.6 Å². The van der Waals surface area contributed by atoms with Crippen molar-refractivity contribution < 1.29 is 26.7 Å². The van der Waals surface area contributed by atoms with Crippen LogP contribution in [0.1, 0.15) is 12.2 Å². The van der Waals surface area contributed by atoms with Gasteiger partial charge in [-0.2, -0.15) is 27.1 Å². The second-order valence-electron chi connectivity index (χ2n) is 2.67. The number of nitrogens with zero attached hydrogens (tertiary/aromatic N) is 2. The predicted molar refractivity (Wildman–Crippen MR) is 39.2 cm³/mol. The van der Waals surface area contributed by atoms with Gasteiger partial charge in [0.05, 0.1) is 12.3 Å². The Morgan fingerprint density at radius 1 is 1.40 bits per heavy atom. The molecule has 0 saturated carbocycles. The summed E-state index contributed by atoms with van der Waals surface area (Å²) < 4.78 is 63.4. The van der Waals surface area contributed by atoms with Crippen LogP contribution in [0.15, 0.2) is 12.3 Å². The maximum atomic E-state index is 12.0. The molecule has 0 N–H and O–H groups in total. The van der Waals surface area contributed by atoms with E-state index in [1.807, 2.05) is 0 Å². The van der Waals surface area contributed by atoms with E-state index < -0.39 is 25.9 Å². The van der Waals surface area contributed by atoms with Crippen molar-refractivity contribution >= 4 is 0 Å². The minimum atomic E-state index is -4.43. The Morgan fingerprint density at radius 3 is 2.53 bits per heavy atom. The van der Waals surface area contributed by atoms with Crippen molar-refractivity contribution in [2.75, 3.05) is 6.61 Å². The average molecular weight is 230 g/mol. The van der Waals surface area contributed by atoms with E-state index in [1.54, 1.807) is 0 Å². The van der Waals surface area contributed by atoms with E-state index in [4.69, 9.17) is 0 Å². The zero-order valence-corrected chi connectivity index (χ0v) is 7.34. The molecule has 0 atom stereocenters. The summed E-state index contributed by atoms with van der Waals surface area (Å²) in [6, 6.07) is 1.17. The van der Waals surface area contributed by atoms with E-state index in [2.05, 4.69) is 9.84 Å². The predicted octanol–water partition coefficient (Wildman–Crippen LogP) is 2.36. The molecule has 0 fully saturated rings. The first-order chi connectivity index (χ1) is 6.88. The van der Waals surface area contributed by atoms with Crippen LogP contribution in [0.25, 0.3) is 0 Å². The highest BCUT2D eigenvalue weighted by molar-refractivity contribution is 4.97. The molecule has 0 aliphatic rings. The molecule has 0 bridgehead atoms. The summed E-state index contributed by atoms with van der Waals surface area (Å²) in [5.41, 5.74) is 0.0274. The van der Waals surface area contributed by atoms with Gasteiger partial charge in [-0.05, 0) is 6.07 Å². The monoisotopic (exact) mass is 230 g/mol. The first-order valence-corrected chi connectivity index (χ1v) is 3.85. The highest BCUT2D eigenvalue weighted by atomic mass is 19.4. The summed E-state index contributed by atoms with van der Waals surface area (Å²) in [5.74, 6) is 0. The first kappa shape index (κ1) is 11.9. The quantitative estimate of drug-likeness (QED) is 0.742. The molecule has 15 heavy (non-hydrogen) atoms. The zero-order valence-electron chi connectivity index (χ0n) is 7.34. The molecule has 1 rings (SSSR count). The molecule has 0 saturated heterocycles. The van der Waals surface area contributed by atoms with Crippen molar-refractivity contribution in [1.29, 1.82) is 0 Å². The number of ether oxygens (including phenoxy) is 1. The van der Waals surface area contributed by atoms with Crippen molar-refractivity contribution in [3.63, 3.8) is 0 Å². The fourth-order valence-corrected chi connectivity index (χ4v) is 0.834. The van der Waals surface area contributed by atoms with Gasteiger partial charge in [0.1, 0.15) is 6.61 Å². The lowest BCUT2D eigenvalue weighted by atomic mass is 10.5.